The predicted octanol–water partition coefficient (Wildman–Crippen LogP) is 3.16. The van der Waals surface area contributed by atoms with Gasteiger partial charge in [-0.2, -0.15) is 0 Å². The summed E-state index contributed by atoms with van der Waals surface area (Å²) >= 11 is 0. The lowest BCUT2D eigenvalue weighted by molar-refractivity contribution is -0.123. The van der Waals surface area contributed by atoms with E-state index in [2.05, 4.69) is 15.6 Å². The monoisotopic (exact) mass is 387 g/mol. The summed E-state index contributed by atoms with van der Waals surface area (Å²) < 4.78 is 11.4. The largest absolute Gasteiger partial charge is 0.440 e. The topological polar surface area (TPSA) is 76.4 Å². The van der Waals surface area contributed by atoms with E-state index >= 15 is 0 Å². The maximum absolute atomic E-state index is 12.5. The highest BCUT2D eigenvalue weighted by Crippen LogP contribution is 2.22. The Kier molecular flexibility index (Phi) is 6.11. The van der Waals surface area contributed by atoms with E-state index in [1.165, 1.54) is 0 Å². The number of amides is 1. The first kappa shape index (κ1) is 19.4. The molecule has 1 aromatic heterocycles. The molecule has 2 heterocycles. The number of aromatic nitrogens is 1. The van der Waals surface area contributed by atoms with Crippen LogP contribution in [0.5, 0.6) is 0 Å². The van der Waals surface area contributed by atoms with E-state index < -0.39 is 0 Å². The third-order valence-electron chi connectivity index (χ3n) is 4.50. The summed E-state index contributed by atoms with van der Waals surface area (Å²) in [4.78, 5) is 17.0. The molecule has 6 nitrogen and oxygen atoms in total. The Labute approximate surface area is 163 Å². The molecular formula is C20H22ClN3O3. The van der Waals surface area contributed by atoms with Crippen molar-refractivity contribution in [3.05, 3.63) is 60.0 Å². The van der Waals surface area contributed by atoms with E-state index in [1.807, 2.05) is 55.5 Å². The second-order valence-corrected chi connectivity index (χ2v) is 6.45. The normalized spacial score (nSPS) is 19.4. The number of rotatable bonds is 4. The molecule has 1 saturated heterocycles. The lowest BCUT2D eigenvalue weighted by Gasteiger charge is -2.29. The first-order chi connectivity index (χ1) is 12.7. The zero-order chi connectivity index (χ0) is 17.9. The Morgan fingerprint density at radius 2 is 2.07 bits per heavy atom. The van der Waals surface area contributed by atoms with Gasteiger partial charge in [-0.25, -0.2) is 4.98 Å². The predicted molar refractivity (Wildman–Crippen MR) is 106 cm³/mol. The SMILES string of the molecule is C[C@H]1OCCN[C@@H]1C(=O)Nc1ccc2nc(Cc3ccccc3)oc2c1.Cl. The molecule has 142 valence electrons. The fraction of sp³-hybridized carbons (Fsp3) is 0.300. The van der Waals surface area contributed by atoms with Crippen LogP contribution in [0.1, 0.15) is 18.4 Å². The van der Waals surface area contributed by atoms with Gasteiger partial charge >= 0.3 is 0 Å². The van der Waals surface area contributed by atoms with Crippen molar-refractivity contribution in [3.63, 3.8) is 0 Å². The number of fused-ring (bicyclic) bond motifs is 1. The summed E-state index contributed by atoms with van der Waals surface area (Å²) in [5.41, 5.74) is 3.27. The van der Waals surface area contributed by atoms with Gasteiger partial charge in [0.25, 0.3) is 0 Å². The summed E-state index contributed by atoms with van der Waals surface area (Å²) in [5, 5.41) is 6.11. The standard InChI is InChI=1S/C20H21N3O3.ClH/c1-13-19(21-9-10-25-13)20(24)22-15-7-8-16-17(12-15)26-18(23-16)11-14-5-3-2-4-6-14;/h2-8,12-13,19,21H,9-11H2,1H3,(H,22,24);1H/t13-,19+;/m1./s1. The van der Waals surface area contributed by atoms with E-state index in [1.54, 1.807) is 0 Å². The lowest BCUT2D eigenvalue weighted by Crippen LogP contribution is -2.53. The van der Waals surface area contributed by atoms with Crippen molar-refractivity contribution in [3.8, 4) is 0 Å². The van der Waals surface area contributed by atoms with Crippen molar-refractivity contribution in [2.75, 3.05) is 18.5 Å². The molecule has 2 N–H and O–H groups in total. The van der Waals surface area contributed by atoms with Gasteiger partial charge in [-0.15, -0.1) is 12.4 Å². The molecule has 2 atom stereocenters. The molecule has 0 unspecified atom stereocenters. The van der Waals surface area contributed by atoms with Crippen LogP contribution in [-0.2, 0) is 16.0 Å². The molecule has 1 amide bonds. The van der Waals surface area contributed by atoms with Gasteiger partial charge in [-0.05, 0) is 24.6 Å². The van der Waals surface area contributed by atoms with Crippen LogP contribution in [0.4, 0.5) is 5.69 Å². The average molecular weight is 388 g/mol. The number of ether oxygens (including phenoxy) is 1. The number of hydrogen-bond donors (Lipinski definition) is 2. The highest BCUT2D eigenvalue weighted by molar-refractivity contribution is 5.96. The van der Waals surface area contributed by atoms with Crippen LogP contribution in [0, 0.1) is 0 Å². The number of nitrogens with one attached hydrogen (secondary N) is 2. The lowest BCUT2D eigenvalue weighted by atomic mass is 10.1. The molecule has 0 bridgehead atoms. The third-order valence-corrected chi connectivity index (χ3v) is 4.50. The van der Waals surface area contributed by atoms with Gasteiger partial charge < -0.3 is 19.8 Å². The first-order valence-corrected chi connectivity index (χ1v) is 8.78. The van der Waals surface area contributed by atoms with Crippen LogP contribution in [0.15, 0.2) is 52.9 Å². The van der Waals surface area contributed by atoms with Crippen LogP contribution < -0.4 is 10.6 Å². The van der Waals surface area contributed by atoms with Crippen molar-refractivity contribution in [2.45, 2.75) is 25.5 Å². The molecule has 0 saturated carbocycles. The maximum Gasteiger partial charge on any atom is 0.244 e. The molecule has 0 spiro atoms. The summed E-state index contributed by atoms with van der Waals surface area (Å²) in [6, 6.07) is 15.2. The summed E-state index contributed by atoms with van der Waals surface area (Å²) in [6.07, 6.45) is 0.480. The van der Waals surface area contributed by atoms with Crippen molar-refractivity contribution in [1.82, 2.24) is 10.3 Å². The molecular weight excluding hydrogens is 366 g/mol. The molecule has 27 heavy (non-hydrogen) atoms. The van der Waals surface area contributed by atoms with E-state index in [9.17, 15) is 4.79 Å². The van der Waals surface area contributed by atoms with Gasteiger partial charge in [-0.3, -0.25) is 4.79 Å². The molecule has 1 aliphatic rings. The number of halogens is 1. The summed E-state index contributed by atoms with van der Waals surface area (Å²) in [7, 11) is 0. The van der Waals surface area contributed by atoms with Crippen molar-refractivity contribution in [1.29, 1.82) is 0 Å². The van der Waals surface area contributed by atoms with Crippen LogP contribution in [0.25, 0.3) is 11.1 Å². The molecule has 0 aliphatic carbocycles. The minimum absolute atomic E-state index is 0. The minimum Gasteiger partial charge on any atom is -0.440 e. The van der Waals surface area contributed by atoms with E-state index in [4.69, 9.17) is 9.15 Å². The second kappa shape index (κ2) is 8.52. The molecule has 1 aliphatic heterocycles. The maximum atomic E-state index is 12.5. The highest BCUT2D eigenvalue weighted by Gasteiger charge is 2.28. The zero-order valence-corrected chi connectivity index (χ0v) is 15.8. The number of morpholine rings is 1. The smallest absolute Gasteiger partial charge is 0.244 e. The third kappa shape index (κ3) is 4.47. The van der Waals surface area contributed by atoms with Gasteiger partial charge in [0.15, 0.2) is 11.5 Å². The average Bonchev–Trinajstić information content (AvgIpc) is 3.04. The number of carbonyl (C=O) groups is 1. The number of benzene rings is 2. The quantitative estimate of drug-likeness (QED) is 0.719. The molecule has 7 heteroatoms. The summed E-state index contributed by atoms with van der Waals surface area (Å²) in [6.45, 7) is 3.19. The minimum atomic E-state index is -0.359. The van der Waals surface area contributed by atoms with Gasteiger partial charge in [0.05, 0.1) is 12.7 Å². The van der Waals surface area contributed by atoms with Gasteiger partial charge in [-0.1, -0.05) is 30.3 Å². The Hall–Kier alpha value is -2.41. The first-order valence-electron chi connectivity index (χ1n) is 8.78. The van der Waals surface area contributed by atoms with Crippen LogP contribution in [-0.4, -0.2) is 36.2 Å². The van der Waals surface area contributed by atoms with Gasteiger partial charge in [0.2, 0.25) is 5.91 Å². The number of anilines is 1. The molecule has 1 fully saturated rings. The number of oxazole rings is 1. The molecule has 2 aromatic carbocycles. The fourth-order valence-electron chi connectivity index (χ4n) is 3.14. The van der Waals surface area contributed by atoms with Crippen LogP contribution in [0.2, 0.25) is 0 Å². The Bertz CT molecular complexity index is 913. The van der Waals surface area contributed by atoms with Crippen molar-refractivity contribution >= 4 is 35.1 Å². The van der Waals surface area contributed by atoms with Crippen molar-refractivity contribution < 1.29 is 13.9 Å². The Balaban J connectivity index is 0.00000210. The zero-order valence-electron chi connectivity index (χ0n) is 15.0. The van der Waals surface area contributed by atoms with Crippen LogP contribution >= 0.6 is 12.4 Å². The number of carbonyl (C=O) groups excluding carboxylic acids is 1. The molecule has 0 radical (unpaired) electrons. The number of nitrogens with zero attached hydrogens (tertiary/aromatic N) is 1. The van der Waals surface area contributed by atoms with E-state index in [-0.39, 0.29) is 30.5 Å². The highest BCUT2D eigenvalue weighted by atomic mass is 35.5. The van der Waals surface area contributed by atoms with E-state index in [0.717, 1.165) is 11.1 Å². The van der Waals surface area contributed by atoms with E-state index in [0.29, 0.717) is 36.7 Å². The Morgan fingerprint density at radius 3 is 2.85 bits per heavy atom. The summed E-state index contributed by atoms with van der Waals surface area (Å²) in [5.74, 6) is 0.547. The van der Waals surface area contributed by atoms with Crippen LogP contribution in [0.3, 0.4) is 0 Å². The number of hydrogen-bond acceptors (Lipinski definition) is 5. The molecule has 3 aromatic rings. The van der Waals surface area contributed by atoms with Crippen molar-refractivity contribution in [2.24, 2.45) is 0 Å². The molecule has 4 rings (SSSR count). The Morgan fingerprint density at radius 1 is 1.26 bits per heavy atom. The van der Waals surface area contributed by atoms with Gasteiger partial charge in [0, 0.05) is 24.7 Å². The fourth-order valence-corrected chi connectivity index (χ4v) is 3.14. The second-order valence-electron chi connectivity index (χ2n) is 6.45. The van der Waals surface area contributed by atoms with Gasteiger partial charge in [0.1, 0.15) is 11.6 Å².